The van der Waals surface area contributed by atoms with Crippen LogP contribution >= 0.6 is 15.9 Å². The van der Waals surface area contributed by atoms with Crippen LogP contribution in [0, 0.1) is 20.8 Å². The zero-order valence-corrected chi connectivity index (χ0v) is 19.1. The van der Waals surface area contributed by atoms with E-state index in [1.807, 2.05) is 75.4 Å². The Morgan fingerprint density at radius 1 is 0.903 bits per heavy atom. The maximum Gasteiger partial charge on any atom is 0.300 e. The van der Waals surface area contributed by atoms with Gasteiger partial charge in [0.15, 0.2) is 0 Å². The Kier molecular flexibility index (Phi) is 5.54. The highest BCUT2D eigenvalue weighted by atomic mass is 79.9. The van der Waals surface area contributed by atoms with Crippen molar-refractivity contribution >= 4 is 39.1 Å². The topological polar surface area (TPSA) is 57.6 Å². The lowest BCUT2D eigenvalue weighted by molar-refractivity contribution is -0.132. The molecule has 0 saturated carbocycles. The molecule has 156 valence electrons. The van der Waals surface area contributed by atoms with Crippen molar-refractivity contribution in [1.82, 2.24) is 0 Å². The smallest absolute Gasteiger partial charge is 0.300 e. The molecule has 0 aliphatic carbocycles. The molecule has 3 aromatic carbocycles. The maximum atomic E-state index is 13.2. The predicted molar refractivity (Wildman–Crippen MR) is 126 cm³/mol. The van der Waals surface area contributed by atoms with Gasteiger partial charge in [-0.05, 0) is 61.2 Å². The van der Waals surface area contributed by atoms with E-state index in [1.54, 1.807) is 12.1 Å². The fourth-order valence-corrected chi connectivity index (χ4v) is 4.20. The zero-order chi connectivity index (χ0) is 22.3. The highest BCUT2D eigenvalue weighted by molar-refractivity contribution is 9.10. The van der Waals surface area contributed by atoms with E-state index in [2.05, 4.69) is 15.9 Å². The summed E-state index contributed by atoms with van der Waals surface area (Å²) in [7, 11) is 0. The Hall–Kier alpha value is -3.18. The van der Waals surface area contributed by atoms with Gasteiger partial charge >= 0.3 is 0 Å². The highest BCUT2D eigenvalue weighted by Gasteiger charge is 2.47. The molecule has 1 atom stereocenters. The lowest BCUT2D eigenvalue weighted by Gasteiger charge is -2.27. The average molecular weight is 476 g/mol. The molecular weight excluding hydrogens is 454 g/mol. The van der Waals surface area contributed by atoms with Crippen LogP contribution in [-0.4, -0.2) is 16.8 Å². The van der Waals surface area contributed by atoms with E-state index in [0.717, 1.165) is 26.7 Å². The van der Waals surface area contributed by atoms with E-state index in [-0.39, 0.29) is 11.3 Å². The van der Waals surface area contributed by atoms with Crippen molar-refractivity contribution in [3.63, 3.8) is 0 Å². The third-order valence-corrected chi connectivity index (χ3v) is 6.51. The lowest BCUT2D eigenvalue weighted by atomic mass is 9.94. The molecular formula is C26H22BrNO3. The van der Waals surface area contributed by atoms with Gasteiger partial charge in [-0.2, -0.15) is 0 Å². The molecule has 1 N–H and O–H groups in total. The van der Waals surface area contributed by atoms with Gasteiger partial charge in [0, 0.05) is 15.7 Å². The van der Waals surface area contributed by atoms with Gasteiger partial charge in [-0.25, -0.2) is 0 Å². The van der Waals surface area contributed by atoms with Crippen LogP contribution in [0.2, 0.25) is 0 Å². The van der Waals surface area contributed by atoms with Gasteiger partial charge in [-0.3, -0.25) is 14.5 Å². The number of ketones is 1. The summed E-state index contributed by atoms with van der Waals surface area (Å²) in [6.45, 7) is 5.76. The second kappa shape index (κ2) is 8.16. The van der Waals surface area contributed by atoms with E-state index < -0.39 is 17.7 Å². The summed E-state index contributed by atoms with van der Waals surface area (Å²) in [4.78, 5) is 28.0. The Balaban J connectivity index is 1.98. The summed E-state index contributed by atoms with van der Waals surface area (Å²) in [6.07, 6.45) is 0. The van der Waals surface area contributed by atoms with Crippen LogP contribution in [0.1, 0.15) is 33.9 Å². The third-order valence-electron chi connectivity index (χ3n) is 5.62. The van der Waals surface area contributed by atoms with Gasteiger partial charge in [0.2, 0.25) is 0 Å². The van der Waals surface area contributed by atoms with Crippen LogP contribution in [0.5, 0.6) is 0 Å². The van der Waals surface area contributed by atoms with Crippen LogP contribution in [0.15, 0.2) is 76.8 Å². The Bertz CT molecular complexity index is 1230. The number of anilines is 1. The molecule has 1 amide bonds. The zero-order valence-electron chi connectivity index (χ0n) is 17.5. The van der Waals surface area contributed by atoms with Gasteiger partial charge in [0.1, 0.15) is 5.76 Å². The van der Waals surface area contributed by atoms with E-state index in [9.17, 15) is 14.7 Å². The molecule has 31 heavy (non-hydrogen) atoms. The number of hydrogen-bond acceptors (Lipinski definition) is 3. The fraction of sp³-hybridized carbons (Fsp3) is 0.154. The predicted octanol–water partition coefficient (Wildman–Crippen LogP) is 6.00. The van der Waals surface area contributed by atoms with Crippen LogP contribution < -0.4 is 4.90 Å². The summed E-state index contributed by atoms with van der Waals surface area (Å²) in [5.74, 6) is -1.50. The lowest BCUT2D eigenvalue weighted by Crippen LogP contribution is -2.30. The van der Waals surface area contributed by atoms with Crippen molar-refractivity contribution in [2.45, 2.75) is 26.8 Å². The minimum absolute atomic E-state index is 0.0961. The van der Waals surface area contributed by atoms with Gasteiger partial charge in [-0.15, -0.1) is 0 Å². The second-order valence-corrected chi connectivity index (χ2v) is 8.69. The first kappa shape index (κ1) is 21.1. The molecule has 1 saturated heterocycles. The van der Waals surface area contributed by atoms with Crippen LogP contribution in [0.25, 0.3) is 5.76 Å². The number of aliphatic hydroxyl groups is 1. The number of benzene rings is 3. The summed E-state index contributed by atoms with van der Waals surface area (Å²) in [6, 6.07) is 19.8. The van der Waals surface area contributed by atoms with E-state index in [4.69, 9.17) is 0 Å². The number of nitrogens with zero attached hydrogens (tertiary/aromatic N) is 1. The van der Waals surface area contributed by atoms with Crippen molar-refractivity contribution in [3.8, 4) is 0 Å². The van der Waals surface area contributed by atoms with Crippen molar-refractivity contribution in [3.05, 3.63) is 105 Å². The maximum absolute atomic E-state index is 13.2. The molecule has 1 fully saturated rings. The van der Waals surface area contributed by atoms with Gasteiger partial charge in [0.05, 0.1) is 11.6 Å². The van der Waals surface area contributed by atoms with Gasteiger partial charge in [-0.1, -0.05) is 64.5 Å². The number of halogens is 1. The molecule has 1 aliphatic rings. The molecule has 0 bridgehead atoms. The second-order valence-electron chi connectivity index (χ2n) is 7.83. The average Bonchev–Trinajstić information content (AvgIpc) is 3.02. The van der Waals surface area contributed by atoms with Crippen LogP contribution in [0.4, 0.5) is 5.69 Å². The third kappa shape index (κ3) is 3.70. The van der Waals surface area contributed by atoms with Crippen LogP contribution in [0.3, 0.4) is 0 Å². The molecule has 1 aliphatic heterocycles. The first-order chi connectivity index (χ1) is 14.8. The first-order valence-electron chi connectivity index (χ1n) is 9.99. The number of amides is 1. The summed E-state index contributed by atoms with van der Waals surface area (Å²) in [5.41, 5.74) is 4.81. The number of Topliss-reactive ketones (excluding diaryl/α,β-unsaturated/α-hetero) is 1. The molecule has 1 unspecified atom stereocenters. The van der Waals surface area contributed by atoms with E-state index in [1.165, 1.54) is 4.90 Å². The summed E-state index contributed by atoms with van der Waals surface area (Å²) < 4.78 is 0.902. The Morgan fingerprint density at radius 2 is 1.61 bits per heavy atom. The largest absolute Gasteiger partial charge is 0.507 e. The SMILES string of the molecule is Cc1ccc(C)c(N2C(=O)C(=O)/C(=C(\O)c3ccc(Br)c(C)c3)C2c2ccccc2)c1. The highest BCUT2D eigenvalue weighted by Crippen LogP contribution is 2.43. The molecule has 3 aromatic rings. The number of rotatable bonds is 3. The number of hydrogen-bond donors (Lipinski definition) is 1. The quantitative estimate of drug-likeness (QED) is 0.287. The van der Waals surface area contributed by atoms with E-state index >= 15 is 0 Å². The summed E-state index contributed by atoms with van der Waals surface area (Å²) in [5, 5.41) is 11.2. The number of carbonyl (C=O) groups excluding carboxylic acids is 2. The molecule has 0 radical (unpaired) electrons. The van der Waals surface area contributed by atoms with Crippen molar-refractivity contribution in [2.24, 2.45) is 0 Å². The van der Waals surface area contributed by atoms with Crippen molar-refractivity contribution in [2.75, 3.05) is 4.90 Å². The Labute approximate surface area is 190 Å². The molecule has 0 spiro atoms. The number of aryl methyl sites for hydroxylation is 3. The molecule has 0 aromatic heterocycles. The molecule has 1 heterocycles. The monoisotopic (exact) mass is 475 g/mol. The first-order valence-corrected chi connectivity index (χ1v) is 10.8. The van der Waals surface area contributed by atoms with Crippen molar-refractivity contribution in [1.29, 1.82) is 0 Å². The number of aliphatic hydroxyl groups excluding tert-OH is 1. The molecule has 4 nitrogen and oxygen atoms in total. The molecule has 4 rings (SSSR count). The normalized spacial score (nSPS) is 17.9. The van der Waals surface area contributed by atoms with Crippen molar-refractivity contribution < 1.29 is 14.7 Å². The van der Waals surface area contributed by atoms with Gasteiger partial charge in [0.25, 0.3) is 11.7 Å². The molecule has 5 heteroatoms. The van der Waals surface area contributed by atoms with Crippen LogP contribution in [-0.2, 0) is 9.59 Å². The minimum atomic E-state index is -0.717. The standard InChI is InChI=1S/C26H22BrNO3/c1-15-9-10-16(2)21(13-15)28-23(18-7-5-4-6-8-18)22(25(30)26(28)31)24(29)19-11-12-20(27)17(3)14-19/h4-14,23,29H,1-3H3/b24-22-. The number of carbonyl (C=O) groups is 2. The minimum Gasteiger partial charge on any atom is -0.507 e. The van der Waals surface area contributed by atoms with Gasteiger partial charge < -0.3 is 5.11 Å². The van der Waals surface area contributed by atoms with E-state index in [0.29, 0.717) is 11.3 Å². The summed E-state index contributed by atoms with van der Waals surface area (Å²) >= 11 is 3.46. The Morgan fingerprint density at radius 3 is 2.29 bits per heavy atom. The fourth-order valence-electron chi connectivity index (χ4n) is 3.96.